The molecule has 21 heavy (non-hydrogen) atoms. The molecule has 0 aromatic heterocycles. The summed E-state index contributed by atoms with van der Waals surface area (Å²) in [4.78, 5) is 12.1. The minimum absolute atomic E-state index is 0.0560. The highest BCUT2D eigenvalue weighted by atomic mass is 35.5. The number of nitrogens with one attached hydrogen (secondary N) is 1. The third kappa shape index (κ3) is 3.94. The van der Waals surface area contributed by atoms with Gasteiger partial charge in [-0.25, -0.2) is 4.39 Å². The summed E-state index contributed by atoms with van der Waals surface area (Å²) in [5.41, 5.74) is 7.55. The summed E-state index contributed by atoms with van der Waals surface area (Å²) in [5, 5.41) is 2.71. The third-order valence-electron chi connectivity index (χ3n) is 2.96. The second-order valence-electron chi connectivity index (χ2n) is 4.44. The van der Waals surface area contributed by atoms with Crippen LogP contribution in [-0.2, 0) is 17.8 Å². The maximum Gasteiger partial charge on any atom is 0.228 e. The van der Waals surface area contributed by atoms with Gasteiger partial charge in [-0.1, -0.05) is 47.5 Å². The Bertz CT molecular complexity index is 653. The van der Waals surface area contributed by atoms with Crippen molar-refractivity contribution in [3.8, 4) is 0 Å². The van der Waals surface area contributed by atoms with Crippen molar-refractivity contribution in [3.05, 3.63) is 63.4 Å². The molecule has 0 unspecified atom stereocenters. The normalized spacial score (nSPS) is 10.5. The van der Waals surface area contributed by atoms with Gasteiger partial charge < -0.3 is 11.1 Å². The summed E-state index contributed by atoms with van der Waals surface area (Å²) in [6.07, 6.45) is 0.136. The van der Waals surface area contributed by atoms with Crippen LogP contribution in [0.5, 0.6) is 0 Å². The average Bonchev–Trinajstić information content (AvgIpc) is 2.43. The van der Waals surface area contributed by atoms with Crippen LogP contribution in [0.15, 0.2) is 36.4 Å². The van der Waals surface area contributed by atoms with Crippen LogP contribution in [0.4, 0.5) is 10.1 Å². The first-order valence-corrected chi connectivity index (χ1v) is 6.98. The number of rotatable bonds is 4. The molecule has 0 aliphatic rings. The number of amides is 1. The van der Waals surface area contributed by atoms with Crippen molar-refractivity contribution in [3.63, 3.8) is 0 Å². The second kappa shape index (κ2) is 6.89. The zero-order valence-corrected chi connectivity index (χ0v) is 12.5. The summed E-state index contributed by atoms with van der Waals surface area (Å²) < 4.78 is 13.1. The van der Waals surface area contributed by atoms with Crippen molar-refractivity contribution in [2.75, 3.05) is 5.32 Å². The Balaban J connectivity index is 2.16. The summed E-state index contributed by atoms with van der Waals surface area (Å²) in [5.74, 6) is -0.859. The smallest absolute Gasteiger partial charge is 0.228 e. The van der Waals surface area contributed by atoms with Gasteiger partial charge in [0, 0.05) is 6.54 Å². The zero-order chi connectivity index (χ0) is 15.4. The summed E-state index contributed by atoms with van der Waals surface area (Å²) in [6, 6.07) is 9.57. The minimum Gasteiger partial charge on any atom is -0.326 e. The number of anilines is 1. The number of halogens is 3. The first-order chi connectivity index (χ1) is 10.0. The van der Waals surface area contributed by atoms with Crippen LogP contribution in [0, 0.1) is 5.82 Å². The van der Waals surface area contributed by atoms with E-state index >= 15 is 0 Å². The van der Waals surface area contributed by atoms with Gasteiger partial charge in [0.15, 0.2) is 0 Å². The van der Waals surface area contributed by atoms with Crippen LogP contribution < -0.4 is 11.1 Å². The molecule has 0 radical (unpaired) electrons. The van der Waals surface area contributed by atoms with Gasteiger partial charge in [0.2, 0.25) is 5.91 Å². The molecule has 1 amide bonds. The molecule has 0 aliphatic heterocycles. The predicted molar refractivity (Wildman–Crippen MR) is 83.1 cm³/mol. The third-order valence-corrected chi connectivity index (χ3v) is 3.56. The molecule has 3 N–H and O–H groups in total. The maximum absolute atomic E-state index is 13.1. The van der Waals surface area contributed by atoms with E-state index in [9.17, 15) is 9.18 Å². The van der Waals surface area contributed by atoms with Gasteiger partial charge >= 0.3 is 0 Å². The van der Waals surface area contributed by atoms with Crippen LogP contribution in [0.3, 0.4) is 0 Å². The summed E-state index contributed by atoms with van der Waals surface area (Å²) in [6.45, 7) is 0.349. The van der Waals surface area contributed by atoms with E-state index in [2.05, 4.69) is 5.32 Å². The summed E-state index contributed by atoms with van der Waals surface area (Å²) in [7, 11) is 0. The molecule has 0 aliphatic carbocycles. The topological polar surface area (TPSA) is 55.1 Å². The summed E-state index contributed by atoms with van der Waals surface area (Å²) >= 11 is 11.8. The fourth-order valence-electron chi connectivity index (χ4n) is 1.95. The molecule has 2 aromatic carbocycles. The molecule has 3 nitrogen and oxygen atoms in total. The fraction of sp³-hybridized carbons (Fsp3) is 0.133. The van der Waals surface area contributed by atoms with Crippen LogP contribution in [0.25, 0.3) is 0 Å². The number of nitrogens with two attached hydrogens (primary N) is 1. The number of hydrogen-bond acceptors (Lipinski definition) is 2. The first kappa shape index (κ1) is 15.8. The lowest BCUT2D eigenvalue weighted by atomic mass is 10.0. The lowest BCUT2D eigenvalue weighted by Crippen LogP contribution is -2.16. The van der Waals surface area contributed by atoms with Gasteiger partial charge in [0.05, 0.1) is 22.2 Å². The van der Waals surface area contributed by atoms with Crippen molar-refractivity contribution >= 4 is 34.8 Å². The highest BCUT2D eigenvalue weighted by molar-refractivity contribution is 6.39. The first-order valence-electron chi connectivity index (χ1n) is 6.22. The molecular weight excluding hydrogens is 314 g/mol. The molecule has 0 saturated carbocycles. The molecule has 0 heterocycles. The molecule has 2 aromatic rings. The molecule has 0 fully saturated rings. The maximum atomic E-state index is 13.1. The number of carbonyl (C=O) groups excluding carboxylic acids is 1. The average molecular weight is 327 g/mol. The predicted octanol–water partition coefficient (Wildman–Crippen LogP) is 3.77. The van der Waals surface area contributed by atoms with Crippen molar-refractivity contribution < 1.29 is 9.18 Å². The van der Waals surface area contributed by atoms with Crippen LogP contribution in [-0.4, -0.2) is 5.91 Å². The van der Waals surface area contributed by atoms with E-state index in [0.717, 1.165) is 23.3 Å². The van der Waals surface area contributed by atoms with Crippen molar-refractivity contribution in [1.82, 2.24) is 0 Å². The van der Waals surface area contributed by atoms with E-state index in [1.165, 1.54) is 0 Å². The van der Waals surface area contributed by atoms with E-state index in [4.69, 9.17) is 28.9 Å². The molecule has 6 heteroatoms. The monoisotopic (exact) mass is 326 g/mol. The van der Waals surface area contributed by atoms with Gasteiger partial charge in [-0.2, -0.15) is 0 Å². The number of hydrogen-bond donors (Lipinski definition) is 2. The Hall–Kier alpha value is -1.62. The molecular formula is C15H13Cl2FN2O. The molecule has 0 bridgehead atoms. The van der Waals surface area contributed by atoms with Gasteiger partial charge in [0.25, 0.3) is 0 Å². The Morgan fingerprint density at radius 1 is 1.14 bits per heavy atom. The fourth-order valence-corrected chi connectivity index (χ4v) is 2.50. The van der Waals surface area contributed by atoms with Gasteiger partial charge in [0.1, 0.15) is 5.82 Å². The van der Waals surface area contributed by atoms with E-state index in [1.54, 1.807) is 0 Å². The van der Waals surface area contributed by atoms with E-state index in [1.807, 2.05) is 24.3 Å². The van der Waals surface area contributed by atoms with Gasteiger partial charge in [-0.3, -0.25) is 4.79 Å². The Morgan fingerprint density at radius 2 is 1.71 bits per heavy atom. The highest BCUT2D eigenvalue weighted by Gasteiger charge is 2.13. The largest absolute Gasteiger partial charge is 0.326 e. The van der Waals surface area contributed by atoms with Crippen LogP contribution in [0.1, 0.15) is 11.1 Å². The highest BCUT2D eigenvalue weighted by Crippen LogP contribution is 2.31. The Labute approximate surface area is 131 Å². The van der Waals surface area contributed by atoms with Crippen molar-refractivity contribution in [2.24, 2.45) is 5.73 Å². The van der Waals surface area contributed by atoms with Gasteiger partial charge in [-0.05, 0) is 23.3 Å². The van der Waals surface area contributed by atoms with Crippen LogP contribution in [0.2, 0.25) is 10.0 Å². The molecule has 0 atom stereocenters. The standard InChI is InChI=1S/C15H13Cl2FN2O/c16-12-6-11(18)7-13(17)15(12)20-14(21)5-9-3-1-2-4-10(9)8-19/h1-4,6-7H,5,8,19H2,(H,20,21). The lowest BCUT2D eigenvalue weighted by molar-refractivity contribution is -0.115. The number of benzene rings is 2. The molecule has 0 spiro atoms. The lowest BCUT2D eigenvalue weighted by Gasteiger charge is -2.11. The number of carbonyl (C=O) groups is 1. The van der Waals surface area contributed by atoms with E-state index in [0.29, 0.717) is 6.54 Å². The SMILES string of the molecule is NCc1ccccc1CC(=O)Nc1c(Cl)cc(F)cc1Cl. The van der Waals surface area contributed by atoms with Crippen molar-refractivity contribution in [1.29, 1.82) is 0 Å². The van der Waals surface area contributed by atoms with E-state index in [-0.39, 0.29) is 28.1 Å². The zero-order valence-electron chi connectivity index (χ0n) is 11.0. The Morgan fingerprint density at radius 3 is 2.29 bits per heavy atom. The minimum atomic E-state index is -0.559. The molecule has 2 rings (SSSR count). The molecule has 0 saturated heterocycles. The van der Waals surface area contributed by atoms with Crippen molar-refractivity contribution in [2.45, 2.75) is 13.0 Å². The van der Waals surface area contributed by atoms with Gasteiger partial charge in [-0.15, -0.1) is 0 Å². The van der Waals surface area contributed by atoms with Crippen LogP contribution >= 0.6 is 23.2 Å². The molecule has 110 valence electrons. The van der Waals surface area contributed by atoms with E-state index < -0.39 is 5.82 Å². The quantitative estimate of drug-likeness (QED) is 0.898. The Kier molecular flexibility index (Phi) is 5.17. The second-order valence-corrected chi connectivity index (χ2v) is 5.26.